The summed E-state index contributed by atoms with van der Waals surface area (Å²) < 4.78 is 37.0. The van der Waals surface area contributed by atoms with Gasteiger partial charge in [-0.05, 0) is 39.8 Å². The van der Waals surface area contributed by atoms with E-state index in [1.807, 2.05) is 30.3 Å². The normalized spacial score (nSPS) is 12.7. The number of carboxylic acid groups (broad SMARTS) is 1. The Morgan fingerprint density at radius 2 is 1.26 bits per heavy atom. The first-order valence-corrected chi connectivity index (χ1v) is 16.1. The molecule has 0 aliphatic heterocycles. The molecule has 4 aromatic carbocycles. The smallest absolute Gasteiger partial charge is 0.383 e. The molecule has 0 aliphatic rings. The van der Waals surface area contributed by atoms with E-state index in [1.165, 1.54) is 0 Å². The first-order chi connectivity index (χ1) is 23.8. The van der Waals surface area contributed by atoms with Gasteiger partial charge in [0.05, 0.1) is 6.04 Å². The number of Topliss-reactive ketones (excluding diaryl/α,β-unsaturated/α-hetero) is 1. The van der Waals surface area contributed by atoms with Crippen LogP contribution in [0.4, 0.5) is 13.6 Å². The van der Waals surface area contributed by atoms with Crippen LogP contribution in [0.3, 0.4) is 0 Å². The van der Waals surface area contributed by atoms with E-state index in [2.05, 4.69) is 10.6 Å². The summed E-state index contributed by atoms with van der Waals surface area (Å²) in [6, 6.07) is 29.2. The minimum absolute atomic E-state index is 0.236. The van der Waals surface area contributed by atoms with Crippen molar-refractivity contribution in [2.75, 3.05) is 0 Å². The number of amides is 3. The lowest BCUT2D eigenvalue weighted by Crippen LogP contribution is -2.62. The van der Waals surface area contributed by atoms with Crippen LogP contribution in [-0.2, 0) is 40.5 Å². The van der Waals surface area contributed by atoms with E-state index < -0.39 is 53.5 Å². The second-order valence-corrected chi connectivity index (χ2v) is 12.9. The van der Waals surface area contributed by atoms with E-state index in [1.54, 1.807) is 106 Å². The maximum absolute atomic E-state index is 15.6. The number of ether oxygens (including phenoxy) is 1. The van der Waals surface area contributed by atoms with E-state index in [-0.39, 0.29) is 19.7 Å². The zero-order valence-corrected chi connectivity index (χ0v) is 28.1. The van der Waals surface area contributed by atoms with Gasteiger partial charge in [-0.3, -0.25) is 14.4 Å². The van der Waals surface area contributed by atoms with Crippen LogP contribution < -0.4 is 20.5 Å². The molecule has 0 bridgehead atoms. The third-order valence-electron chi connectivity index (χ3n) is 7.95. The molecular formula is C39H40F2N3O6-. The number of nitrogens with one attached hydrogen (secondary N) is 2. The van der Waals surface area contributed by atoms with E-state index >= 15 is 8.78 Å². The van der Waals surface area contributed by atoms with Gasteiger partial charge in [0.15, 0.2) is 0 Å². The molecule has 11 heteroatoms. The van der Waals surface area contributed by atoms with Gasteiger partial charge >= 0.3 is 5.92 Å². The highest BCUT2D eigenvalue weighted by Crippen LogP contribution is 2.28. The zero-order chi connectivity index (χ0) is 36.3. The second-order valence-electron chi connectivity index (χ2n) is 12.9. The Kier molecular flexibility index (Phi) is 12.4. The second kappa shape index (κ2) is 16.7. The third kappa shape index (κ3) is 10.2. The average Bonchev–Trinajstić information content (AvgIpc) is 3.10. The number of hydrogen-bond donors (Lipinski definition) is 2. The predicted octanol–water partition coefficient (Wildman–Crippen LogP) is 5.07. The van der Waals surface area contributed by atoms with Crippen LogP contribution in [0, 0.1) is 5.41 Å². The fourth-order valence-corrected chi connectivity index (χ4v) is 5.42. The van der Waals surface area contributed by atoms with Gasteiger partial charge in [-0.1, -0.05) is 124 Å². The number of nitrogens with zero attached hydrogens (tertiary/aromatic N) is 1. The third-order valence-corrected chi connectivity index (χ3v) is 7.95. The Morgan fingerprint density at radius 1 is 0.740 bits per heavy atom. The first kappa shape index (κ1) is 37.2. The molecule has 2 N–H and O–H groups in total. The molecule has 262 valence electrons. The number of carbonyl (C=O) groups is 4. The Labute approximate surface area is 290 Å². The van der Waals surface area contributed by atoms with Gasteiger partial charge in [0.25, 0.3) is 5.91 Å². The number of alkyl halides is 2. The maximum atomic E-state index is 15.6. The number of hydrogen-bond acceptors (Lipinski definition) is 6. The molecule has 4 rings (SSSR count). The number of halogens is 2. The molecule has 9 nitrogen and oxygen atoms in total. The largest absolute Gasteiger partial charge is 0.530 e. The van der Waals surface area contributed by atoms with Crippen LogP contribution in [0.25, 0.3) is 0 Å². The van der Waals surface area contributed by atoms with Gasteiger partial charge in [-0.2, -0.15) is 8.78 Å². The lowest BCUT2D eigenvalue weighted by Gasteiger charge is -2.41. The fraction of sp³-hybridized carbons (Fsp3) is 0.282. The molecule has 0 saturated carbocycles. The highest BCUT2D eigenvalue weighted by atomic mass is 19.3. The topological polar surface area (TPSA) is 128 Å². The van der Waals surface area contributed by atoms with E-state index in [4.69, 9.17) is 4.74 Å². The summed E-state index contributed by atoms with van der Waals surface area (Å²) in [7, 11) is 0. The number of carbonyl (C=O) groups excluding carboxylic acids is 4. The van der Waals surface area contributed by atoms with Crippen LogP contribution >= 0.6 is 0 Å². The molecule has 0 aliphatic carbocycles. The Balaban J connectivity index is 1.60. The summed E-state index contributed by atoms with van der Waals surface area (Å²) in [6.45, 7) is 4.61. The van der Waals surface area contributed by atoms with E-state index in [9.17, 15) is 24.3 Å². The summed E-state index contributed by atoms with van der Waals surface area (Å²) >= 11 is 0. The molecule has 0 heterocycles. The average molecular weight is 685 g/mol. The highest BCUT2D eigenvalue weighted by Gasteiger charge is 2.51. The van der Waals surface area contributed by atoms with Gasteiger partial charge in [0.2, 0.25) is 11.7 Å². The maximum Gasteiger partial charge on any atom is 0.383 e. The number of benzene rings is 4. The van der Waals surface area contributed by atoms with Gasteiger partial charge in [0.1, 0.15) is 24.5 Å². The first-order valence-electron chi connectivity index (χ1n) is 16.1. The highest BCUT2D eigenvalue weighted by molar-refractivity contribution is 6.10. The summed E-state index contributed by atoms with van der Waals surface area (Å²) in [4.78, 5) is 53.5. The van der Waals surface area contributed by atoms with Crippen molar-refractivity contribution in [1.82, 2.24) is 15.5 Å². The lowest BCUT2D eigenvalue weighted by atomic mass is 9.84. The Hall–Kier alpha value is -5.58. The Morgan fingerprint density at radius 3 is 1.78 bits per heavy atom. The van der Waals surface area contributed by atoms with Gasteiger partial charge in [-0.25, -0.2) is 0 Å². The molecule has 0 saturated heterocycles. The predicted molar refractivity (Wildman–Crippen MR) is 182 cm³/mol. The molecular weight excluding hydrogens is 644 g/mol. The van der Waals surface area contributed by atoms with Crippen LogP contribution in [0.1, 0.15) is 43.0 Å². The monoisotopic (exact) mass is 684 g/mol. The summed E-state index contributed by atoms with van der Waals surface area (Å²) in [5.74, 6) is -8.74. The molecule has 0 spiro atoms. The van der Waals surface area contributed by atoms with Crippen molar-refractivity contribution in [3.63, 3.8) is 0 Å². The van der Waals surface area contributed by atoms with Crippen molar-refractivity contribution in [2.45, 2.75) is 64.9 Å². The van der Waals surface area contributed by atoms with Crippen molar-refractivity contribution < 1.29 is 37.8 Å². The standard InChI is InChI=1S/C39H41F2N3O6/c1-38(2,3)33(44(37(48)49)25-29-15-9-5-10-16-29)35(46)43-32(34(45)39(40,41)36(47)42-24-28-13-7-4-8-14-28)23-27-19-21-31(22-20-27)50-26-30-17-11-6-12-18-30/h4-22,32-33H,23-26H2,1-3H3,(H,42,47)(H,43,46)(H,48,49)/p-1/t32-,33+/m0/s1. The van der Waals surface area contributed by atoms with Gasteiger partial charge in [-0.15, -0.1) is 0 Å². The van der Waals surface area contributed by atoms with Crippen molar-refractivity contribution >= 4 is 23.7 Å². The SMILES string of the molecule is CC(C)(C)[C@@H](C(=O)N[C@@H](Cc1ccc(OCc2ccccc2)cc1)C(=O)C(F)(F)C(=O)NCc1ccccc1)N(Cc1ccccc1)C(=O)[O-]. The minimum Gasteiger partial charge on any atom is -0.530 e. The molecule has 0 radical (unpaired) electrons. The van der Waals surface area contributed by atoms with Crippen LogP contribution in [0.5, 0.6) is 5.75 Å². The van der Waals surface area contributed by atoms with Crippen molar-refractivity contribution in [3.05, 3.63) is 138 Å². The van der Waals surface area contributed by atoms with Gasteiger partial charge < -0.3 is 30.2 Å². The molecule has 50 heavy (non-hydrogen) atoms. The quantitative estimate of drug-likeness (QED) is 0.168. The number of ketones is 1. The summed E-state index contributed by atoms with van der Waals surface area (Å²) in [6.07, 6.45) is -2.09. The van der Waals surface area contributed by atoms with E-state index in [0.29, 0.717) is 22.4 Å². The number of rotatable bonds is 15. The minimum atomic E-state index is -4.54. The van der Waals surface area contributed by atoms with Crippen LogP contribution in [0.2, 0.25) is 0 Å². The summed E-state index contributed by atoms with van der Waals surface area (Å²) in [5.41, 5.74) is 1.34. The zero-order valence-electron chi connectivity index (χ0n) is 28.1. The molecule has 4 aromatic rings. The molecule has 0 fully saturated rings. The summed E-state index contributed by atoms with van der Waals surface area (Å²) in [5, 5.41) is 16.9. The van der Waals surface area contributed by atoms with Crippen molar-refractivity contribution in [1.29, 1.82) is 0 Å². The van der Waals surface area contributed by atoms with Crippen LogP contribution in [0.15, 0.2) is 115 Å². The molecule has 2 atom stereocenters. The van der Waals surface area contributed by atoms with Crippen molar-refractivity contribution in [3.8, 4) is 5.75 Å². The van der Waals surface area contributed by atoms with Crippen LogP contribution in [-0.4, -0.2) is 46.6 Å². The molecule has 3 amide bonds. The van der Waals surface area contributed by atoms with Crippen molar-refractivity contribution in [2.24, 2.45) is 5.41 Å². The Bertz CT molecular complexity index is 1730. The fourth-order valence-electron chi connectivity index (χ4n) is 5.42. The van der Waals surface area contributed by atoms with Gasteiger partial charge in [0, 0.05) is 19.5 Å². The molecule has 0 unspecified atom stereocenters. The lowest BCUT2D eigenvalue weighted by molar-refractivity contribution is -0.270. The molecule has 0 aromatic heterocycles. The van der Waals surface area contributed by atoms with E-state index in [0.717, 1.165) is 10.5 Å².